The van der Waals surface area contributed by atoms with E-state index < -0.39 is 17.6 Å². The normalized spacial score (nSPS) is 16.3. The fourth-order valence-corrected chi connectivity index (χ4v) is 3.25. The van der Waals surface area contributed by atoms with Crippen molar-refractivity contribution in [2.24, 2.45) is 5.92 Å². The first-order valence-electron chi connectivity index (χ1n) is 8.99. The van der Waals surface area contributed by atoms with Crippen molar-refractivity contribution in [2.45, 2.75) is 25.6 Å². The van der Waals surface area contributed by atoms with E-state index in [-0.39, 0.29) is 5.56 Å². The number of hydrogen-bond donors (Lipinski definition) is 1. The van der Waals surface area contributed by atoms with Crippen LogP contribution in [-0.4, -0.2) is 35.4 Å². The van der Waals surface area contributed by atoms with Crippen LogP contribution in [0.1, 0.15) is 34.5 Å². The van der Waals surface area contributed by atoms with Crippen LogP contribution in [0.2, 0.25) is 0 Å². The Hall–Kier alpha value is -2.41. The van der Waals surface area contributed by atoms with Gasteiger partial charge in [0.05, 0.1) is 11.3 Å². The molecule has 144 valence electrons. The van der Waals surface area contributed by atoms with E-state index in [0.717, 1.165) is 50.3 Å². The third kappa shape index (κ3) is 5.53. The maximum Gasteiger partial charge on any atom is 0.416 e. The molecule has 0 spiro atoms. The zero-order chi connectivity index (χ0) is 19.3. The molecular formula is C20H22F3N3O. The number of piperidine rings is 1. The SMILES string of the molecule is O=C(NCC1CCN(Cc2ccccn2)CC1)c1cccc(C(F)(F)F)c1. The molecule has 1 aliphatic rings. The number of amides is 1. The Labute approximate surface area is 156 Å². The molecule has 0 radical (unpaired) electrons. The lowest BCUT2D eigenvalue weighted by molar-refractivity contribution is -0.137. The van der Waals surface area contributed by atoms with Crippen LogP contribution in [0.5, 0.6) is 0 Å². The molecule has 4 nitrogen and oxygen atoms in total. The van der Waals surface area contributed by atoms with Gasteiger partial charge in [0.2, 0.25) is 0 Å². The molecule has 0 unspecified atom stereocenters. The summed E-state index contributed by atoms with van der Waals surface area (Å²) in [5.74, 6) is -0.128. The first-order valence-corrected chi connectivity index (χ1v) is 8.99. The molecule has 1 saturated heterocycles. The zero-order valence-electron chi connectivity index (χ0n) is 14.9. The number of benzene rings is 1. The summed E-state index contributed by atoms with van der Waals surface area (Å²) in [6.45, 7) is 3.12. The van der Waals surface area contributed by atoms with Crippen LogP contribution in [0, 0.1) is 5.92 Å². The van der Waals surface area contributed by atoms with Crippen LogP contribution >= 0.6 is 0 Å². The highest BCUT2D eigenvalue weighted by Gasteiger charge is 2.31. The number of carbonyl (C=O) groups excluding carboxylic acids is 1. The molecule has 1 aliphatic heterocycles. The average Bonchev–Trinajstić information content (AvgIpc) is 2.67. The minimum absolute atomic E-state index is 0.0393. The number of rotatable bonds is 5. The van der Waals surface area contributed by atoms with Gasteiger partial charge in [-0.05, 0) is 62.2 Å². The molecule has 1 fully saturated rings. The molecule has 1 aromatic heterocycles. The minimum atomic E-state index is -4.45. The van der Waals surface area contributed by atoms with E-state index in [1.54, 1.807) is 6.20 Å². The van der Waals surface area contributed by atoms with Gasteiger partial charge in [0.1, 0.15) is 0 Å². The second-order valence-corrected chi connectivity index (χ2v) is 6.83. The van der Waals surface area contributed by atoms with E-state index in [1.165, 1.54) is 12.1 Å². The predicted octanol–water partition coefficient (Wildman–Crippen LogP) is 3.74. The summed E-state index contributed by atoms with van der Waals surface area (Å²) < 4.78 is 38.3. The molecule has 0 bridgehead atoms. The molecule has 1 aromatic carbocycles. The van der Waals surface area contributed by atoms with Gasteiger partial charge in [-0.3, -0.25) is 14.7 Å². The van der Waals surface area contributed by atoms with Gasteiger partial charge in [-0.25, -0.2) is 0 Å². The van der Waals surface area contributed by atoms with Gasteiger partial charge in [-0.15, -0.1) is 0 Å². The van der Waals surface area contributed by atoms with Crippen LogP contribution in [0.15, 0.2) is 48.7 Å². The monoisotopic (exact) mass is 377 g/mol. The molecule has 0 atom stereocenters. The minimum Gasteiger partial charge on any atom is -0.352 e. The van der Waals surface area contributed by atoms with Gasteiger partial charge >= 0.3 is 6.18 Å². The van der Waals surface area contributed by atoms with E-state index in [4.69, 9.17) is 0 Å². The fourth-order valence-electron chi connectivity index (χ4n) is 3.25. The van der Waals surface area contributed by atoms with Gasteiger partial charge in [-0.2, -0.15) is 13.2 Å². The number of likely N-dealkylation sites (tertiary alicyclic amines) is 1. The Morgan fingerprint density at radius 1 is 1.15 bits per heavy atom. The summed E-state index contributed by atoms with van der Waals surface area (Å²) >= 11 is 0. The van der Waals surface area contributed by atoms with Crippen molar-refractivity contribution in [1.29, 1.82) is 0 Å². The lowest BCUT2D eigenvalue weighted by Gasteiger charge is -2.31. The van der Waals surface area contributed by atoms with Gasteiger partial charge in [0, 0.05) is 24.8 Å². The first-order chi connectivity index (χ1) is 12.9. The van der Waals surface area contributed by atoms with E-state index in [0.29, 0.717) is 12.5 Å². The summed E-state index contributed by atoms with van der Waals surface area (Å²) in [5.41, 5.74) is 0.268. The van der Waals surface area contributed by atoms with Crippen LogP contribution < -0.4 is 5.32 Å². The summed E-state index contributed by atoms with van der Waals surface area (Å²) in [6, 6.07) is 10.4. The van der Waals surface area contributed by atoms with Crippen molar-refractivity contribution in [3.05, 3.63) is 65.5 Å². The Balaban J connectivity index is 1.45. The van der Waals surface area contributed by atoms with Crippen molar-refractivity contribution < 1.29 is 18.0 Å². The van der Waals surface area contributed by atoms with E-state index in [2.05, 4.69) is 15.2 Å². The highest BCUT2D eigenvalue weighted by Crippen LogP contribution is 2.29. The number of halogens is 3. The van der Waals surface area contributed by atoms with Crippen molar-refractivity contribution >= 4 is 5.91 Å². The number of nitrogens with zero attached hydrogens (tertiary/aromatic N) is 2. The lowest BCUT2D eigenvalue weighted by Crippen LogP contribution is -2.38. The molecular weight excluding hydrogens is 355 g/mol. The summed E-state index contributed by atoms with van der Waals surface area (Å²) in [6.07, 6.45) is -0.784. The molecule has 3 rings (SSSR count). The Kier molecular flexibility index (Phi) is 6.11. The van der Waals surface area contributed by atoms with Crippen LogP contribution in [0.25, 0.3) is 0 Å². The first kappa shape index (κ1) is 19.4. The van der Waals surface area contributed by atoms with E-state index >= 15 is 0 Å². The van der Waals surface area contributed by atoms with Gasteiger partial charge in [-0.1, -0.05) is 12.1 Å². The van der Waals surface area contributed by atoms with Crippen molar-refractivity contribution in [3.63, 3.8) is 0 Å². The number of pyridine rings is 1. The predicted molar refractivity (Wildman–Crippen MR) is 96.0 cm³/mol. The second-order valence-electron chi connectivity index (χ2n) is 6.83. The zero-order valence-corrected chi connectivity index (χ0v) is 14.9. The summed E-state index contributed by atoms with van der Waals surface area (Å²) in [5, 5.41) is 2.77. The number of alkyl halides is 3. The summed E-state index contributed by atoms with van der Waals surface area (Å²) in [7, 11) is 0. The molecule has 2 aromatic rings. The third-order valence-electron chi connectivity index (χ3n) is 4.82. The molecule has 27 heavy (non-hydrogen) atoms. The number of hydrogen-bond acceptors (Lipinski definition) is 3. The highest BCUT2D eigenvalue weighted by molar-refractivity contribution is 5.94. The molecule has 2 heterocycles. The third-order valence-corrected chi connectivity index (χ3v) is 4.82. The maximum absolute atomic E-state index is 12.8. The lowest BCUT2D eigenvalue weighted by atomic mass is 9.96. The van der Waals surface area contributed by atoms with Crippen LogP contribution in [0.4, 0.5) is 13.2 Å². The molecule has 7 heteroatoms. The molecule has 1 N–H and O–H groups in total. The maximum atomic E-state index is 12.8. The van der Waals surface area contributed by atoms with Gasteiger partial charge < -0.3 is 5.32 Å². The Morgan fingerprint density at radius 3 is 2.59 bits per heavy atom. The van der Waals surface area contributed by atoms with Gasteiger partial charge in [0.15, 0.2) is 0 Å². The van der Waals surface area contributed by atoms with E-state index in [9.17, 15) is 18.0 Å². The quantitative estimate of drug-likeness (QED) is 0.863. The van der Waals surface area contributed by atoms with E-state index in [1.807, 2.05) is 18.2 Å². The summed E-state index contributed by atoms with van der Waals surface area (Å²) in [4.78, 5) is 18.8. The van der Waals surface area contributed by atoms with Gasteiger partial charge in [0.25, 0.3) is 5.91 Å². The number of aromatic nitrogens is 1. The Bertz CT molecular complexity index is 757. The second kappa shape index (κ2) is 8.52. The molecule has 0 aliphatic carbocycles. The average molecular weight is 377 g/mol. The van der Waals surface area contributed by atoms with Crippen LogP contribution in [-0.2, 0) is 12.7 Å². The van der Waals surface area contributed by atoms with Crippen molar-refractivity contribution in [3.8, 4) is 0 Å². The fraction of sp³-hybridized carbons (Fsp3) is 0.400. The molecule has 0 saturated carbocycles. The largest absolute Gasteiger partial charge is 0.416 e. The standard InChI is InChI=1S/C20H22F3N3O/c21-20(22,23)17-5-3-4-16(12-17)19(27)25-13-15-7-10-26(11-8-15)14-18-6-1-2-9-24-18/h1-6,9,12,15H,7-8,10-11,13-14H2,(H,25,27). The Morgan fingerprint density at radius 2 is 1.93 bits per heavy atom. The van der Waals surface area contributed by atoms with Crippen LogP contribution in [0.3, 0.4) is 0 Å². The highest BCUT2D eigenvalue weighted by atomic mass is 19.4. The van der Waals surface area contributed by atoms with Crippen molar-refractivity contribution in [2.75, 3.05) is 19.6 Å². The molecule has 1 amide bonds. The number of carbonyl (C=O) groups is 1. The number of nitrogens with one attached hydrogen (secondary N) is 1. The van der Waals surface area contributed by atoms with Crippen molar-refractivity contribution in [1.82, 2.24) is 15.2 Å². The topological polar surface area (TPSA) is 45.2 Å². The smallest absolute Gasteiger partial charge is 0.352 e.